The van der Waals surface area contributed by atoms with E-state index in [4.69, 9.17) is 4.43 Å². The molecule has 0 saturated heterocycles. The summed E-state index contributed by atoms with van der Waals surface area (Å²) in [7, 11) is 2.22. The van der Waals surface area contributed by atoms with E-state index < -0.39 is 17.3 Å². The molecule has 0 aliphatic carbocycles. The Morgan fingerprint density at radius 2 is 1.88 bits per heavy atom. The molecule has 0 radical (unpaired) electrons. The molecule has 0 aromatic rings. The second kappa shape index (κ2) is 8.41. The minimum Gasteiger partial charge on any atom is -0.416 e. The van der Waals surface area contributed by atoms with Gasteiger partial charge in [0.25, 0.3) is 0 Å². The number of likely N-dealkylation sites (N-methyl/N-ethyl adjacent to an activating group) is 1. The summed E-state index contributed by atoms with van der Waals surface area (Å²) in [5.41, 5.74) is 0. The fourth-order valence-corrected chi connectivity index (χ4v) is 4.08. The van der Waals surface area contributed by atoms with E-state index in [9.17, 15) is 0 Å². The molecule has 5 heteroatoms. The SMILES string of the molecule is CN(C)CCO[Si](C)(C)CCCN[SiH](C)C. The third kappa shape index (κ3) is 10.8. The van der Waals surface area contributed by atoms with Crippen LogP contribution in [0.4, 0.5) is 0 Å². The van der Waals surface area contributed by atoms with Gasteiger partial charge in [-0.2, -0.15) is 0 Å². The number of nitrogens with one attached hydrogen (secondary N) is 1. The molecule has 16 heavy (non-hydrogen) atoms. The summed E-state index contributed by atoms with van der Waals surface area (Å²) < 4.78 is 6.03. The van der Waals surface area contributed by atoms with Gasteiger partial charge in [0, 0.05) is 13.2 Å². The quantitative estimate of drug-likeness (QED) is 0.506. The lowest BCUT2D eigenvalue weighted by Crippen LogP contribution is -2.35. The summed E-state index contributed by atoms with van der Waals surface area (Å²) in [6.45, 7) is 12.4. The topological polar surface area (TPSA) is 24.5 Å². The number of hydrogen-bond donors (Lipinski definition) is 1. The van der Waals surface area contributed by atoms with Crippen LogP contribution in [0.5, 0.6) is 0 Å². The largest absolute Gasteiger partial charge is 0.416 e. The van der Waals surface area contributed by atoms with Crippen molar-refractivity contribution in [1.82, 2.24) is 9.88 Å². The Morgan fingerprint density at radius 1 is 1.25 bits per heavy atom. The Morgan fingerprint density at radius 3 is 2.38 bits per heavy atom. The van der Waals surface area contributed by atoms with Crippen LogP contribution in [0.25, 0.3) is 0 Å². The van der Waals surface area contributed by atoms with Gasteiger partial charge in [0.1, 0.15) is 8.96 Å². The van der Waals surface area contributed by atoms with E-state index in [-0.39, 0.29) is 0 Å². The van der Waals surface area contributed by atoms with E-state index in [1.54, 1.807) is 0 Å². The normalized spacial score (nSPS) is 12.8. The first-order valence-electron chi connectivity index (χ1n) is 6.35. The average molecular weight is 263 g/mol. The maximum absolute atomic E-state index is 6.03. The molecule has 0 fully saturated rings. The number of rotatable bonds is 9. The highest BCUT2D eigenvalue weighted by Crippen LogP contribution is 2.13. The third-order valence-corrected chi connectivity index (χ3v) is 6.19. The molecule has 0 unspecified atom stereocenters. The Labute approximate surface area is 104 Å². The van der Waals surface area contributed by atoms with Crippen LogP contribution in [0.1, 0.15) is 6.42 Å². The molecule has 0 aromatic heterocycles. The van der Waals surface area contributed by atoms with E-state index >= 15 is 0 Å². The Balaban J connectivity index is 3.53. The van der Waals surface area contributed by atoms with Gasteiger partial charge in [-0.3, -0.25) is 0 Å². The summed E-state index contributed by atoms with van der Waals surface area (Å²) >= 11 is 0. The minimum absolute atomic E-state index is 0.574. The van der Waals surface area contributed by atoms with Crippen LogP contribution in [0.2, 0.25) is 32.2 Å². The van der Waals surface area contributed by atoms with E-state index in [1.165, 1.54) is 19.0 Å². The van der Waals surface area contributed by atoms with Crippen molar-refractivity contribution in [3.63, 3.8) is 0 Å². The summed E-state index contributed by atoms with van der Waals surface area (Å²) in [4.78, 5) is 5.77. The van der Waals surface area contributed by atoms with Crippen LogP contribution < -0.4 is 4.98 Å². The first-order chi connectivity index (χ1) is 7.33. The van der Waals surface area contributed by atoms with Gasteiger partial charge in [-0.25, -0.2) is 0 Å². The highest BCUT2D eigenvalue weighted by Gasteiger charge is 2.21. The predicted octanol–water partition coefficient (Wildman–Crippen LogP) is 1.73. The predicted molar refractivity (Wildman–Crippen MR) is 78.3 cm³/mol. The Hall–Kier alpha value is 0.314. The molecule has 0 spiro atoms. The fraction of sp³-hybridized carbons (Fsp3) is 1.00. The second-order valence-corrected chi connectivity index (χ2v) is 12.6. The van der Waals surface area contributed by atoms with Crippen molar-refractivity contribution < 1.29 is 4.43 Å². The van der Waals surface area contributed by atoms with Gasteiger partial charge in [-0.1, -0.05) is 13.1 Å². The average Bonchev–Trinajstić information content (AvgIpc) is 2.11. The first kappa shape index (κ1) is 16.3. The molecule has 3 nitrogen and oxygen atoms in total. The summed E-state index contributed by atoms with van der Waals surface area (Å²) in [5.74, 6) is 0. The summed E-state index contributed by atoms with van der Waals surface area (Å²) in [6.07, 6.45) is 1.27. The molecule has 1 N–H and O–H groups in total. The molecule has 0 rings (SSSR count). The van der Waals surface area contributed by atoms with Crippen molar-refractivity contribution in [2.75, 3.05) is 33.8 Å². The molecule has 0 aliphatic heterocycles. The van der Waals surface area contributed by atoms with Crippen LogP contribution >= 0.6 is 0 Å². The smallest absolute Gasteiger partial charge is 0.186 e. The third-order valence-electron chi connectivity index (χ3n) is 2.54. The van der Waals surface area contributed by atoms with Gasteiger partial charge in [0.15, 0.2) is 8.32 Å². The molecule has 0 amide bonds. The minimum atomic E-state index is -1.39. The first-order valence-corrected chi connectivity index (χ1v) is 12.4. The van der Waals surface area contributed by atoms with Gasteiger partial charge >= 0.3 is 0 Å². The van der Waals surface area contributed by atoms with E-state index in [2.05, 4.69) is 50.2 Å². The van der Waals surface area contributed by atoms with Crippen molar-refractivity contribution in [2.45, 2.75) is 38.7 Å². The van der Waals surface area contributed by atoms with Crippen LogP contribution in [-0.2, 0) is 4.43 Å². The van der Waals surface area contributed by atoms with Crippen LogP contribution in [0.3, 0.4) is 0 Å². The molecule has 0 bridgehead atoms. The second-order valence-electron chi connectivity index (χ2n) is 5.62. The van der Waals surface area contributed by atoms with Gasteiger partial charge in [-0.15, -0.1) is 0 Å². The van der Waals surface area contributed by atoms with Crippen molar-refractivity contribution in [2.24, 2.45) is 0 Å². The van der Waals surface area contributed by atoms with Crippen molar-refractivity contribution in [3.8, 4) is 0 Å². The monoisotopic (exact) mass is 262 g/mol. The van der Waals surface area contributed by atoms with E-state index in [0.29, 0.717) is 0 Å². The maximum Gasteiger partial charge on any atom is 0.186 e. The van der Waals surface area contributed by atoms with E-state index in [1.807, 2.05) is 0 Å². The standard InChI is InChI=1S/C11H30N2OSi2/c1-13(2)9-10-14-16(5,6)11-7-8-12-15(3)4/h12,15H,7-11H2,1-6H3. The molecule has 0 atom stereocenters. The van der Waals surface area contributed by atoms with Crippen LogP contribution in [0.15, 0.2) is 0 Å². The highest BCUT2D eigenvalue weighted by atomic mass is 28.4. The molecule has 0 aromatic carbocycles. The van der Waals surface area contributed by atoms with Crippen LogP contribution in [-0.4, -0.2) is 56.0 Å². The maximum atomic E-state index is 6.03. The Bertz CT molecular complexity index is 175. The molecule has 0 aliphatic rings. The number of nitrogens with zero attached hydrogens (tertiary/aromatic N) is 1. The van der Waals surface area contributed by atoms with Crippen molar-refractivity contribution in [3.05, 3.63) is 0 Å². The van der Waals surface area contributed by atoms with Gasteiger partial charge in [-0.05, 0) is 46.2 Å². The molecular formula is C11H30N2OSi2. The fourth-order valence-electron chi connectivity index (χ4n) is 1.48. The summed E-state index contributed by atoms with van der Waals surface area (Å²) in [5, 5.41) is 0. The molecule has 0 heterocycles. The van der Waals surface area contributed by atoms with Crippen molar-refractivity contribution >= 4 is 17.3 Å². The zero-order chi connectivity index (χ0) is 12.6. The van der Waals surface area contributed by atoms with Gasteiger partial charge in [0.2, 0.25) is 0 Å². The zero-order valence-electron chi connectivity index (χ0n) is 12.0. The van der Waals surface area contributed by atoms with Crippen molar-refractivity contribution in [1.29, 1.82) is 0 Å². The van der Waals surface area contributed by atoms with E-state index in [0.717, 1.165) is 13.2 Å². The summed E-state index contributed by atoms with van der Waals surface area (Å²) in [6, 6.07) is 1.27. The highest BCUT2D eigenvalue weighted by molar-refractivity contribution is 6.71. The molecule has 0 saturated carbocycles. The van der Waals surface area contributed by atoms with Gasteiger partial charge in [0.05, 0.1) is 0 Å². The lowest BCUT2D eigenvalue weighted by Gasteiger charge is -2.24. The van der Waals surface area contributed by atoms with Crippen LogP contribution in [0, 0.1) is 0 Å². The zero-order valence-corrected chi connectivity index (χ0v) is 14.1. The molecule has 98 valence electrons. The number of hydrogen-bond acceptors (Lipinski definition) is 3. The lowest BCUT2D eigenvalue weighted by atomic mass is 10.5. The van der Waals surface area contributed by atoms with Gasteiger partial charge < -0.3 is 14.3 Å². The lowest BCUT2D eigenvalue weighted by molar-refractivity contribution is 0.253. The molecular weight excluding hydrogens is 232 g/mol. The Kier molecular flexibility index (Phi) is 8.58.